The fourth-order valence-corrected chi connectivity index (χ4v) is 4.33. The lowest BCUT2D eigenvalue weighted by molar-refractivity contribution is -0.136. The number of rotatable bonds is 2. The van der Waals surface area contributed by atoms with Gasteiger partial charge in [0.2, 0.25) is 11.8 Å². The van der Waals surface area contributed by atoms with Gasteiger partial charge in [0.15, 0.2) is 0 Å². The molecule has 1 aromatic rings. The second-order valence-corrected chi connectivity index (χ2v) is 7.86. The molecule has 0 spiro atoms. The number of imide groups is 1. The van der Waals surface area contributed by atoms with Gasteiger partial charge in [-0.25, -0.2) is 0 Å². The summed E-state index contributed by atoms with van der Waals surface area (Å²) in [6, 6.07) is 5.27. The lowest BCUT2D eigenvalue weighted by Crippen LogP contribution is -2.52. The van der Waals surface area contributed by atoms with Gasteiger partial charge in [0.1, 0.15) is 10.2 Å². The van der Waals surface area contributed by atoms with E-state index in [2.05, 4.69) is 32.8 Å². The summed E-state index contributed by atoms with van der Waals surface area (Å²) in [4.78, 5) is 39.9. The van der Waals surface area contributed by atoms with Gasteiger partial charge in [0.25, 0.3) is 5.91 Å². The number of ether oxygens (including phenoxy) is 1. The van der Waals surface area contributed by atoms with Crippen LogP contribution in [-0.4, -0.2) is 52.5 Å². The summed E-state index contributed by atoms with van der Waals surface area (Å²) in [5, 5.41) is 2.33. The number of nitrogens with zero attached hydrogens (tertiary/aromatic N) is 2. The van der Waals surface area contributed by atoms with Crippen LogP contribution in [0.2, 0.25) is 0 Å². The highest BCUT2D eigenvalue weighted by atomic mass is 127. The number of halogens is 1. The van der Waals surface area contributed by atoms with Crippen LogP contribution in [0.4, 0.5) is 5.69 Å². The van der Waals surface area contributed by atoms with Crippen molar-refractivity contribution in [3.8, 4) is 0 Å². The monoisotopic (exact) mass is 455 g/mol. The standard InChI is InChI=1S/C17H18IN3O4/c18-14-9-20(5-6-25-14)11-1-2-12-10(7-11)8-21(17(12)24)13-3-4-15(22)19-16(13)23/h1-2,7,13-14H,3-6,8-9H2,(H,19,22,23). The molecule has 0 saturated carbocycles. The molecule has 0 bridgehead atoms. The molecule has 0 radical (unpaired) electrons. The first-order chi connectivity index (χ1) is 12.0. The van der Waals surface area contributed by atoms with Crippen molar-refractivity contribution in [2.45, 2.75) is 29.5 Å². The van der Waals surface area contributed by atoms with E-state index < -0.39 is 6.04 Å². The highest BCUT2D eigenvalue weighted by Gasteiger charge is 2.39. The second-order valence-electron chi connectivity index (χ2n) is 6.47. The van der Waals surface area contributed by atoms with Crippen molar-refractivity contribution < 1.29 is 19.1 Å². The number of carbonyl (C=O) groups excluding carboxylic acids is 3. The zero-order valence-corrected chi connectivity index (χ0v) is 15.7. The lowest BCUT2D eigenvalue weighted by atomic mass is 10.0. The molecule has 7 nitrogen and oxygen atoms in total. The van der Waals surface area contributed by atoms with Gasteiger partial charge in [-0.3, -0.25) is 19.7 Å². The molecule has 25 heavy (non-hydrogen) atoms. The zero-order chi connectivity index (χ0) is 17.6. The van der Waals surface area contributed by atoms with Crippen molar-refractivity contribution in [3.05, 3.63) is 29.3 Å². The Bertz CT molecular complexity index is 753. The Morgan fingerprint density at radius 2 is 2.08 bits per heavy atom. The van der Waals surface area contributed by atoms with Gasteiger partial charge < -0.3 is 14.5 Å². The Morgan fingerprint density at radius 3 is 2.84 bits per heavy atom. The molecule has 2 atom stereocenters. The van der Waals surface area contributed by atoms with Crippen LogP contribution in [-0.2, 0) is 20.9 Å². The van der Waals surface area contributed by atoms with Crippen molar-refractivity contribution in [2.24, 2.45) is 0 Å². The lowest BCUT2D eigenvalue weighted by Gasteiger charge is -2.32. The summed E-state index contributed by atoms with van der Waals surface area (Å²) in [5.74, 6) is -0.781. The number of amides is 3. The Labute approximate surface area is 158 Å². The Hall–Kier alpha value is -1.68. The fourth-order valence-electron chi connectivity index (χ4n) is 3.60. The first-order valence-electron chi connectivity index (χ1n) is 8.31. The maximum Gasteiger partial charge on any atom is 0.255 e. The van der Waals surface area contributed by atoms with E-state index in [1.165, 1.54) is 0 Å². The summed E-state index contributed by atoms with van der Waals surface area (Å²) in [6.07, 6.45) is 0.657. The molecule has 4 rings (SSSR count). The minimum absolute atomic E-state index is 0.134. The summed E-state index contributed by atoms with van der Waals surface area (Å²) >= 11 is 2.28. The van der Waals surface area contributed by atoms with Crippen molar-refractivity contribution in [2.75, 3.05) is 24.6 Å². The van der Waals surface area contributed by atoms with E-state index in [0.29, 0.717) is 25.1 Å². The minimum Gasteiger partial charge on any atom is -0.366 e. The molecule has 132 valence electrons. The number of nitrogens with one attached hydrogen (secondary N) is 1. The molecule has 2 unspecified atom stereocenters. The van der Waals surface area contributed by atoms with Crippen LogP contribution in [0.3, 0.4) is 0 Å². The first kappa shape index (κ1) is 16.8. The van der Waals surface area contributed by atoms with Gasteiger partial charge >= 0.3 is 0 Å². The molecular formula is C17H18IN3O4. The van der Waals surface area contributed by atoms with Crippen LogP contribution in [0.25, 0.3) is 0 Å². The van der Waals surface area contributed by atoms with Crippen molar-refractivity contribution in [1.29, 1.82) is 0 Å². The number of anilines is 1. The molecular weight excluding hydrogens is 437 g/mol. The molecule has 8 heteroatoms. The van der Waals surface area contributed by atoms with Gasteiger partial charge in [-0.2, -0.15) is 0 Å². The quantitative estimate of drug-likeness (QED) is 0.410. The van der Waals surface area contributed by atoms with E-state index in [0.717, 1.165) is 24.3 Å². The van der Waals surface area contributed by atoms with Crippen LogP contribution in [0, 0.1) is 0 Å². The molecule has 1 aromatic carbocycles. The number of hydrogen-bond acceptors (Lipinski definition) is 5. The third-order valence-corrected chi connectivity index (χ3v) is 5.65. The van der Waals surface area contributed by atoms with Crippen LogP contribution in [0.5, 0.6) is 0 Å². The van der Waals surface area contributed by atoms with Crippen LogP contribution in [0.15, 0.2) is 18.2 Å². The number of alkyl halides is 1. The van der Waals surface area contributed by atoms with Crippen LogP contribution >= 0.6 is 22.6 Å². The maximum atomic E-state index is 12.7. The average Bonchev–Trinajstić information content (AvgIpc) is 2.91. The molecule has 3 amide bonds. The molecule has 2 saturated heterocycles. The zero-order valence-electron chi connectivity index (χ0n) is 13.5. The van der Waals surface area contributed by atoms with Gasteiger partial charge in [-0.1, -0.05) is 0 Å². The molecule has 1 N–H and O–H groups in total. The summed E-state index contributed by atoms with van der Waals surface area (Å²) in [7, 11) is 0. The Kier molecular flexibility index (Phi) is 4.40. The molecule has 3 aliphatic heterocycles. The topological polar surface area (TPSA) is 79.0 Å². The SMILES string of the molecule is O=C1CCC(N2Cc3cc(N4CCOC(I)C4)ccc3C2=O)C(=O)N1. The van der Waals surface area contributed by atoms with E-state index >= 15 is 0 Å². The normalized spacial score (nSPS) is 26.7. The number of fused-ring (bicyclic) bond motifs is 1. The minimum atomic E-state index is -0.567. The summed E-state index contributed by atoms with van der Waals surface area (Å²) in [5.41, 5.74) is 2.65. The van der Waals surface area contributed by atoms with E-state index in [-0.39, 0.29) is 28.3 Å². The highest BCUT2D eigenvalue weighted by molar-refractivity contribution is 14.1. The molecule has 0 aromatic heterocycles. The van der Waals surface area contributed by atoms with E-state index in [4.69, 9.17) is 4.74 Å². The number of piperidine rings is 1. The number of hydrogen-bond donors (Lipinski definition) is 1. The van der Waals surface area contributed by atoms with E-state index in [1.807, 2.05) is 18.2 Å². The second kappa shape index (κ2) is 6.56. The van der Waals surface area contributed by atoms with Gasteiger partial charge in [0.05, 0.1) is 13.2 Å². The largest absolute Gasteiger partial charge is 0.366 e. The molecule has 2 fully saturated rings. The fraction of sp³-hybridized carbons (Fsp3) is 0.471. The van der Waals surface area contributed by atoms with Crippen molar-refractivity contribution in [3.63, 3.8) is 0 Å². The van der Waals surface area contributed by atoms with Gasteiger partial charge in [-0.15, -0.1) is 0 Å². The number of carbonyl (C=O) groups is 3. The molecule has 3 heterocycles. The molecule has 0 aliphatic carbocycles. The predicted octanol–water partition coefficient (Wildman–Crippen LogP) is 1.05. The summed E-state index contributed by atoms with van der Waals surface area (Å²) < 4.78 is 5.72. The van der Waals surface area contributed by atoms with Gasteiger partial charge in [0, 0.05) is 30.8 Å². The average molecular weight is 455 g/mol. The Balaban J connectivity index is 1.55. The third kappa shape index (κ3) is 3.12. The highest BCUT2D eigenvalue weighted by Crippen LogP contribution is 2.31. The van der Waals surface area contributed by atoms with Gasteiger partial charge in [-0.05, 0) is 52.8 Å². The Morgan fingerprint density at radius 1 is 1.24 bits per heavy atom. The smallest absolute Gasteiger partial charge is 0.255 e. The van der Waals surface area contributed by atoms with E-state index in [1.54, 1.807) is 4.90 Å². The maximum absolute atomic E-state index is 12.7. The number of morpholine rings is 1. The predicted molar refractivity (Wildman–Crippen MR) is 98.5 cm³/mol. The van der Waals surface area contributed by atoms with Crippen LogP contribution in [0.1, 0.15) is 28.8 Å². The first-order valence-corrected chi connectivity index (χ1v) is 9.56. The van der Waals surface area contributed by atoms with Crippen LogP contribution < -0.4 is 10.2 Å². The third-order valence-electron chi connectivity index (χ3n) is 4.90. The molecule has 3 aliphatic rings. The van der Waals surface area contributed by atoms with E-state index in [9.17, 15) is 14.4 Å². The summed E-state index contributed by atoms with van der Waals surface area (Å²) in [6.45, 7) is 2.73. The van der Waals surface area contributed by atoms with Crippen molar-refractivity contribution >= 4 is 46.0 Å². The van der Waals surface area contributed by atoms with Crippen molar-refractivity contribution in [1.82, 2.24) is 10.2 Å². The number of benzene rings is 1.